The fourth-order valence-electron chi connectivity index (χ4n) is 1.58. The van der Waals surface area contributed by atoms with Gasteiger partial charge in [-0.05, 0) is 24.3 Å². The molecule has 98 valence electrons. The van der Waals surface area contributed by atoms with Gasteiger partial charge in [-0.1, -0.05) is 18.2 Å². The summed E-state index contributed by atoms with van der Waals surface area (Å²) in [5.41, 5.74) is 1.46. The van der Waals surface area contributed by atoms with Crippen LogP contribution in [-0.2, 0) is 4.79 Å². The molecule has 0 saturated carbocycles. The maximum Gasteiger partial charge on any atom is 0.243 e. The van der Waals surface area contributed by atoms with Gasteiger partial charge in [0, 0.05) is 11.9 Å². The zero-order chi connectivity index (χ0) is 13.5. The zero-order valence-corrected chi connectivity index (χ0v) is 10.6. The average Bonchev–Trinajstić information content (AvgIpc) is 2.47. The summed E-state index contributed by atoms with van der Waals surface area (Å²) in [4.78, 5) is 15.8. The summed E-state index contributed by atoms with van der Waals surface area (Å²) in [6.07, 6.45) is 1.61. The highest BCUT2D eigenvalue weighted by atomic mass is 16.5. The Morgan fingerprint density at radius 3 is 2.74 bits per heavy atom. The largest absolute Gasteiger partial charge is 0.480 e. The summed E-state index contributed by atoms with van der Waals surface area (Å²) >= 11 is 0. The smallest absolute Gasteiger partial charge is 0.243 e. The lowest BCUT2D eigenvalue weighted by molar-refractivity contribution is -0.114. The SMILES string of the molecule is COc1ncccc1NC(=O)CNc1ccccc1. The van der Waals surface area contributed by atoms with Crippen molar-refractivity contribution < 1.29 is 9.53 Å². The Labute approximate surface area is 111 Å². The third-order valence-electron chi connectivity index (χ3n) is 2.47. The van der Waals surface area contributed by atoms with E-state index in [0.29, 0.717) is 11.6 Å². The number of aromatic nitrogens is 1. The minimum atomic E-state index is -0.157. The minimum Gasteiger partial charge on any atom is -0.480 e. The number of benzene rings is 1. The number of anilines is 2. The molecule has 2 rings (SSSR count). The summed E-state index contributed by atoms with van der Waals surface area (Å²) in [6, 6.07) is 13.0. The van der Waals surface area contributed by atoms with E-state index < -0.39 is 0 Å². The first kappa shape index (κ1) is 12.9. The molecule has 0 fully saturated rings. The molecule has 1 amide bonds. The summed E-state index contributed by atoms with van der Waals surface area (Å²) in [5.74, 6) is 0.241. The van der Waals surface area contributed by atoms with Gasteiger partial charge in [-0.25, -0.2) is 4.98 Å². The molecule has 1 aromatic carbocycles. The van der Waals surface area contributed by atoms with Crippen LogP contribution in [0.1, 0.15) is 0 Å². The van der Waals surface area contributed by atoms with Gasteiger partial charge in [0.25, 0.3) is 0 Å². The predicted molar refractivity (Wildman–Crippen MR) is 74.4 cm³/mol. The average molecular weight is 257 g/mol. The standard InChI is InChI=1S/C14H15N3O2/c1-19-14-12(8-5-9-15-14)17-13(18)10-16-11-6-3-2-4-7-11/h2-9,16H,10H2,1H3,(H,17,18). The van der Waals surface area contributed by atoms with E-state index in [2.05, 4.69) is 15.6 Å². The molecule has 0 saturated heterocycles. The van der Waals surface area contributed by atoms with Crippen LogP contribution in [0.4, 0.5) is 11.4 Å². The van der Waals surface area contributed by atoms with Crippen LogP contribution in [0, 0.1) is 0 Å². The highest BCUT2D eigenvalue weighted by molar-refractivity contribution is 5.94. The fourth-order valence-corrected chi connectivity index (χ4v) is 1.58. The highest BCUT2D eigenvalue weighted by Crippen LogP contribution is 2.19. The maximum atomic E-state index is 11.8. The van der Waals surface area contributed by atoms with Crippen molar-refractivity contribution in [3.05, 3.63) is 48.7 Å². The second-order valence-electron chi connectivity index (χ2n) is 3.83. The minimum absolute atomic E-state index is 0.157. The topological polar surface area (TPSA) is 63.2 Å². The van der Waals surface area contributed by atoms with E-state index in [1.165, 1.54) is 7.11 Å². The third-order valence-corrected chi connectivity index (χ3v) is 2.47. The summed E-state index contributed by atoms with van der Waals surface area (Å²) < 4.78 is 5.06. The van der Waals surface area contributed by atoms with Crippen molar-refractivity contribution >= 4 is 17.3 Å². The number of amides is 1. The Morgan fingerprint density at radius 2 is 2.00 bits per heavy atom. The summed E-state index contributed by atoms with van der Waals surface area (Å²) in [6.45, 7) is 0.183. The number of hydrogen-bond donors (Lipinski definition) is 2. The fraction of sp³-hybridized carbons (Fsp3) is 0.143. The number of nitrogens with zero attached hydrogens (tertiary/aromatic N) is 1. The van der Waals surface area contributed by atoms with Gasteiger partial charge < -0.3 is 15.4 Å². The van der Waals surface area contributed by atoms with Gasteiger partial charge in [0.1, 0.15) is 5.69 Å². The van der Waals surface area contributed by atoms with E-state index >= 15 is 0 Å². The summed E-state index contributed by atoms with van der Waals surface area (Å²) in [7, 11) is 1.51. The Balaban J connectivity index is 1.91. The van der Waals surface area contributed by atoms with Crippen LogP contribution in [0.2, 0.25) is 0 Å². The Bertz CT molecular complexity index is 543. The monoisotopic (exact) mass is 257 g/mol. The predicted octanol–water partition coefficient (Wildman–Crippen LogP) is 2.14. The Hall–Kier alpha value is -2.56. The first-order valence-corrected chi connectivity index (χ1v) is 5.87. The molecule has 5 nitrogen and oxygen atoms in total. The molecule has 0 aliphatic carbocycles. The molecular formula is C14H15N3O2. The zero-order valence-electron chi connectivity index (χ0n) is 10.6. The number of pyridine rings is 1. The van der Waals surface area contributed by atoms with E-state index in [9.17, 15) is 4.79 Å². The number of ether oxygens (including phenoxy) is 1. The lowest BCUT2D eigenvalue weighted by atomic mass is 10.3. The quantitative estimate of drug-likeness (QED) is 0.861. The van der Waals surface area contributed by atoms with Crippen LogP contribution in [0.15, 0.2) is 48.7 Å². The molecule has 0 aliphatic heterocycles. The Morgan fingerprint density at radius 1 is 1.21 bits per heavy atom. The molecule has 0 radical (unpaired) electrons. The van der Waals surface area contributed by atoms with Crippen LogP contribution in [0.25, 0.3) is 0 Å². The van der Waals surface area contributed by atoms with Gasteiger partial charge in [-0.3, -0.25) is 4.79 Å². The molecule has 0 atom stereocenters. The lowest BCUT2D eigenvalue weighted by Gasteiger charge is -2.09. The molecule has 1 aromatic heterocycles. The van der Waals surface area contributed by atoms with Crippen molar-refractivity contribution in [2.24, 2.45) is 0 Å². The first-order chi connectivity index (χ1) is 9.29. The molecule has 0 spiro atoms. The van der Waals surface area contributed by atoms with Crippen molar-refractivity contribution in [2.45, 2.75) is 0 Å². The van der Waals surface area contributed by atoms with E-state index in [4.69, 9.17) is 4.74 Å². The molecular weight excluding hydrogens is 242 g/mol. The van der Waals surface area contributed by atoms with Gasteiger partial charge in [-0.2, -0.15) is 0 Å². The van der Waals surface area contributed by atoms with Gasteiger partial charge in [-0.15, -0.1) is 0 Å². The number of carbonyl (C=O) groups excluding carboxylic acids is 1. The van der Waals surface area contributed by atoms with Gasteiger partial charge >= 0.3 is 0 Å². The highest BCUT2D eigenvalue weighted by Gasteiger charge is 2.07. The van der Waals surface area contributed by atoms with E-state index in [1.54, 1.807) is 18.3 Å². The second kappa shape index (κ2) is 6.39. The number of para-hydroxylation sites is 1. The lowest BCUT2D eigenvalue weighted by Crippen LogP contribution is -2.22. The van der Waals surface area contributed by atoms with Gasteiger partial charge in [0.05, 0.1) is 13.7 Å². The van der Waals surface area contributed by atoms with Crippen LogP contribution >= 0.6 is 0 Å². The maximum absolute atomic E-state index is 11.8. The number of carbonyl (C=O) groups is 1. The van der Waals surface area contributed by atoms with E-state index in [1.807, 2.05) is 30.3 Å². The van der Waals surface area contributed by atoms with Crippen molar-refractivity contribution in [1.82, 2.24) is 4.98 Å². The van der Waals surface area contributed by atoms with Crippen LogP contribution < -0.4 is 15.4 Å². The van der Waals surface area contributed by atoms with Crippen LogP contribution in [0.3, 0.4) is 0 Å². The molecule has 2 aromatic rings. The molecule has 5 heteroatoms. The second-order valence-corrected chi connectivity index (χ2v) is 3.83. The van der Waals surface area contributed by atoms with Crippen LogP contribution in [0.5, 0.6) is 5.88 Å². The van der Waals surface area contributed by atoms with E-state index in [0.717, 1.165) is 5.69 Å². The van der Waals surface area contributed by atoms with Gasteiger partial charge in [0.2, 0.25) is 11.8 Å². The molecule has 19 heavy (non-hydrogen) atoms. The van der Waals surface area contributed by atoms with Gasteiger partial charge in [0.15, 0.2) is 0 Å². The Kier molecular flexibility index (Phi) is 4.34. The van der Waals surface area contributed by atoms with E-state index in [-0.39, 0.29) is 12.5 Å². The third kappa shape index (κ3) is 3.70. The normalized spacial score (nSPS) is 9.74. The number of nitrogens with one attached hydrogen (secondary N) is 2. The number of rotatable bonds is 5. The van der Waals surface area contributed by atoms with Crippen LogP contribution in [-0.4, -0.2) is 24.5 Å². The van der Waals surface area contributed by atoms with Crippen molar-refractivity contribution in [3.63, 3.8) is 0 Å². The van der Waals surface area contributed by atoms with Crippen molar-refractivity contribution in [2.75, 3.05) is 24.3 Å². The molecule has 0 bridgehead atoms. The number of hydrogen-bond acceptors (Lipinski definition) is 4. The first-order valence-electron chi connectivity index (χ1n) is 5.87. The molecule has 2 N–H and O–H groups in total. The summed E-state index contributed by atoms with van der Waals surface area (Å²) in [5, 5.41) is 5.77. The molecule has 0 unspecified atom stereocenters. The molecule has 0 aliphatic rings. The van der Waals surface area contributed by atoms with Crippen molar-refractivity contribution in [1.29, 1.82) is 0 Å². The number of methoxy groups -OCH3 is 1. The molecule has 1 heterocycles. The van der Waals surface area contributed by atoms with Crippen molar-refractivity contribution in [3.8, 4) is 5.88 Å².